The molecule has 0 aliphatic heterocycles. The molecule has 0 aliphatic rings. The number of para-hydroxylation sites is 1. The van der Waals surface area contributed by atoms with Crippen molar-refractivity contribution in [3.63, 3.8) is 0 Å². The third kappa shape index (κ3) is 5.20. The zero-order valence-electron chi connectivity index (χ0n) is 11.2. The van der Waals surface area contributed by atoms with Crippen molar-refractivity contribution in [3.8, 4) is 0 Å². The van der Waals surface area contributed by atoms with Crippen LogP contribution in [0.1, 0.15) is 16.7 Å². The molecule has 0 bridgehead atoms. The van der Waals surface area contributed by atoms with Gasteiger partial charge in [-0.1, -0.05) is 64.1 Å². The van der Waals surface area contributed by atoms with Crippen LogP contribution in [0.2, 0.25) is 0 Å². The highest BCUT2D eigenvalue weighted by molar-refractivity contribution is 9.25. The molecule has 0 aliphatic carbocycles. The number of aryl methyl sites for hydroxylation is 1. The van der Waals surface area contributed by atoms with Crippen LogP contribution in [0.25, 0.3) is 0 Å². The number of anilines is 1. The average Bonchev–Trinajstić information content (AvgIpc) is 2.46. The van der Waals surface area contributed by atoms with Gasteiger partial charge in [-0.25, -0.2) is 0 Å². The number of rotatable bonds is 7. The molecule has 0 atom stereocenters. The molecule has 1 nitrogen and oxygen atoms in total. The molecule has 2 aromatic rings. The monoisotopic (exact) mass is 339 g/mol. The summed E-state index contributed by atoms with van der Waals surface area (Å²) in [4.78, 5) is 0. The molecule has 0 radical (unpaired) electrons. The van der Waals surface area contributed by atoms with Crippen molar-refractivity contribution in [1.82, 2.24) is 0 Å². The molecule has 0 saturated carbocycles. The second kappa shape index (κ2) is 8.82. The van der Waals surface area contributed by atoms with Gasteiger partial charge in [-0.3, -0.25) is 0 Å². The standard InChI is InChI=1S/C15H17NS4/c1-12-6-2-3-7-13(12)10-17-19-20-18-11-14-8-4-5-9-15(14)16/h2-9H,10-11,16H2,1H3. The molecule has 0 heterocycles. The lowest BCUT2D eigenvalue weighted by atomic mass is 10.1. The molecule has 2 N–H and O–H groups in total. The van der Waals surface area contributed by atoms with E-state index in [0.717, 1.165) is 17.2 Å². The van der Waals surface area contributed by atoms with Gasteiger partial charge in [0.25, 0.3) is 0 Å². The minimum absolute atomic E-state index is 0.887. The first-order valence-corrected chi connectivity index (χ1v) is 11.4. The SMILES string of the molecule is Cc1ccccc1CSSSSCc1ccccc1N. The van der Waals surface area contributed by atoms with E-state index in [1.807, 2.05) is 59.4 Å². The lowest BCUT2D eigenvalue weighted by Gasteiger charge is -2.05. The van der Waals surface area contributed by atoms with E-state index >= 15 is 0 Å². The number of nitrogens with two attached hydrogens (primary N) is 1. The molecule has 2 rings (SSSR count). The highest BCUT2D eigenvalue weighted by Gasteiger charge is 2.01. The quantitative estimate of drug-likeness (QED) is 0.382. The third-order valence-corrected chi connectivity index (χ3v) is 9.16. The molecule has 0 spiro atoms. The molecule has 0 saturated heterocycles. The molecule has 0 fully saturated rings. The minimum Gasteiger partial charge on any atom is -0.398 e. The molecule has 0 aromatic heterocycles. The van der Waals surface area contributed by atoms with Gasteiger partial charge in [-0.15, -0.1) is 0 Å². The largest absolute Gasteiger partial charge is 0.398 e. The van der Waals surface area contributed by atoms with Crippen LogP contribution >= 0.6 is 41.2 Å². The molecule has 5 heteroatoms. The lowest BCUT2D eigenvalue weighted by Crippen LogP contribution is -1.90. The van der Waals surface area contributed by atoms with Gasteiger partial charge < -0.3 is 5.73 Å². The Kier molecular flexibility index (Phi) is 7.07. The average molecular weight is 340 g/mol. The van der Waals surface area contributed by atoms with Crippen LogP contribution < -0.4 is 5.73 Å². The van der Waals surface area contributed by atoms with Crippen LogP contribution in [0.5, 0.6) is 0 Å². The predicted molar refractivity (Wildman–Crippen MR) is 99.8 cm³/mol. The highest BCUT2D eigenvalue weighted by atomic mass is 33.7. The Morgan fingerprint density at radius 2 is 1.35 bits per heavy atom. The van der Waals surface area contributed by atoms with Crippen molar-refractivity contribution in [1.29, 1.82) is 0 Å². The van der Waals surface area contributed by atoms with E-state index in [9.17, 15) is 0 Å². The van der Waals surface area contributed by atoms with E-state index in [-0.39, 0.29) is 0 Å². The molecule has 2 aromatic carbocycles. The summed E-state index contributed by atoms with van der Waals surface area (Å²) in [5.74, 6) is 2.01. The van der Waals surface area contributed by atoms with Crippen LogP contribution in [0.4, 0.5) is 5.69 Å². The van der Waals surface area contributed by atoms with Gasteiger partial charge >= 0.3 is 0 Å². The van der Waals surface area contributed by atoms with E-state index in [4.69, 9.17) is 5.73 Å². The summed E-state index contributed by atoms with van der Waals surface area (Å²) in [6, 6.07) is 16.6. The van der Waals surface area contributed by atoms with Crippen LogP contribution in [0.3, 0.4) is 0 Å². The van der Waals surface area contributed by atoms with Crippen LogP contribution in [-0.2, 0) is 11.5 Å². The van der Waals surface area contributed by atoms with Crippen molar-refractivity contribution >= 4 is 46.9 Å². The Labute approximate surface area is 136 Å². The van der Waals surface area contributed by atoms with Gasteiger partial charge in [0.05, 0.1) is 0 Å². The Bertz CT molecular complexity index is 495. The summed E-state index contributed by atoms with van der Waals surface area (Å²) in [7, 11) is 7.39. The van der Waals surface area contributed by atoms with Crippen molar-refractivity contribution < 1.29 is 0 Å². The van der Waals surface area contributed by atoms with E-state index in [1.54, 1.807) is 0 Å². The minimum atomic E-state index is 0.887. The number of nitrogen functional groups attached to an aromatic ring is 1. The number of benzene rings is 2. The van der Waals surface area contributed by atoms with Crippen LogP contribution in [0.15, 0.2) is 48.5 Å². The van der Waals surface area contributed by atoms with Crippen molar-refractivity contribution in [2.45, 2.75) is 18.4 Å². The Hall–Kier alpha value is -0.360. The number of hydrogen-bond donors (Lipinski definition) is 1. The fraction of sp³-hybridized carbons (Fsp3) is 0.200. The molecular weight excluding hydrogens is 322 g/mol. The third-order valence-electron chi connectivity index (χ3n) is 2.87. The number of hydrogen-bond acceptors (Lipinski definition) is 5. The topological polar surface area (TPSA) is 26.0 Å². The first-order chi connectivity index (χ1) is 9.77. The molecule has 20 heavy (non-hydrogen) atoms. The zero-order valence-corrected chi connectivity index (χ0v) is 14.5. The fourth-order valence-electron chi connectivity index (χ4n) is 1.65. The normalized spacial score (nSPS) is 10.7. The Balaban J connectivity index is 1.63. The van der Waals surface area contributed by atoms with E-state index in [0.29, 0.717) is 0 Å². The summed E-state index contributed by atoms with van der Waals surface area (Å²) < 4.78 is 0. The predicted octanol–water partition coefficient (Wildman–Crippen LogP) is 5.96. The molecule has 0 amide bonds. The second-order valence-electron chi connectivity index (χ2n) is 4.29. The van der Waals surface area contributed by atoms with Gasteiger partial charge in [0, 0.05) is 17.2 Å². The van der Waals surface area contributed by atoms with Gasteiger partial charge in [-0.05, 0) is 49.3 Å². The summed E-state index contributed by atoms with van der Waals surface area (Å²) >= 11 is 0. The van der Waals surface area contributed by atoms with Crippen LogP contribution in [-0.4, -0.2) is 0 Å². The molecule has 0 unspecified atom stereocenters. The van der Waals surface area contributed by atoms with Gasteiger partial charge in [0.1, 0.15) is 0 Å². The Morgan fingerprint density at radius 3 is 2.00 bits per heavy atom. The lowest BCUT2D eigenvalue weighted by molar-refractivity contribution is 1.31. The van der Waals surface area contributed by atoms with Crippen molar-refractivity contribution in [2.75, 3.05) is 5.73 Å². The summed E-state index contributed by atoms with van der Waals surface area (Å²) in [6.07, 6.45) is 0. The zero-order chi connectivity index (χ0) is 14.2. The Morgan fingerprint density at radius 1 is 0.800 bits per heavy atom. The van der Waals surface area contributed by atoms with Crippen LogP contribution in [0, 0.1) is 6.92 Å². The summed E-state index contributed by atoms with van der Waals surface area (Å²) in [5, 5.41) is 0. The highest BCUT2D eigenvalue weighted by Crippen LogP contribution is 2.45. The maximum atomic E-state index is 5.92. The first-order valence-electron chi connectivity index (χ1n) is 6.23. The van der Waals surface area contributed by atoms with Crippen molar-refractivity contribution in [2.24, 2.45) is 0 Å². The first kappa shape index (κ1) is 16.0. The van der Waals surface area contributed by atoms with Gasteiger partial charge in [-0.2, -0.15) is 0 Å². The molecule has 106 valence electrons. The van der Waals surface area contributed by atoms with Gasteiger partial charge in [0.2, 0.25) is 0 Å². The smallest absolute Gasteiger partial charge is 0.0355 e. The fourth-order valence-corrected chi connectivity index (χ4v) is 7.65. The maximum Gasteiger partial charge on any atom is 0.0355 e. The van der Waals surface area contributed by atoms with Crippen molar-refractivity contribution in [3.05, 3.63) is 65.2 Å². The van der Waals surface area contributed by atoms with Gasteiger partial charge in [0.15, 0.2) is 0 Å². The summed E-state index contributed by atoms with van der Waals surface area (Å²) in [6.45, 7) is 2.17. The van der Waals surface area contributed by atoms with E-state index in [1.165, 1.54) is 16.7 Å². The second-order valence-corrected chi connectivity index (χ2v) is 10.3. The molecular formula is C15H17NS4. The van der Waals surface area contributed by atoms with E-state index < -0.39 is 0 Å². The maximum absolute atomic E-state index is 5.92. The van der Waals surface area contributed by atoms with E-state index in [2.05, 4.69) is 37.3 Å². The summed E-state index contributed by atoms with van der Waals surface area (Å²) in [5.41, 5.74) is 10.8.